The lowest BCUT2D eigenvalue weighted by atomic mass is 9.85. The van der Waals surface area contributed by atoms with Gasteiger partial charge in [-0.15, -0.1) is 0 Å². The highest BCUT2D eigenvalue weighted by molar-refractivity contribution is 5.93. The van der Waals surface area contributed by atoms with Crippen LogP contribution in [0.5, 0.6) is 0 Å². The molecule has 0 spiro atoms. The normalized spacial score (nSPS) is 12.2. The molecule has 0 radical (unpaired) electrons. The smallest absolute Gasteiger partial charge is 0.338 e. The van der Waals surface area contributed by atoms with Crippen LogP contribution in [-0.4, -0.2) is 24.2 Å². The Morgan fingerprint density at radius 3 is 2.29 bits per heavy atom. The number of carboxylic acids is 1. The third kappa shape index (κ3) is 2.84. The SMILES string of the molecule is COC(=O)c1ccccc1C(C(=O)O)C(C)C. The van der Waals surface area contributed by atoms with Gasteiger partial charge in [0.25, 0.3) is 0 Å². The molecule has 1 N–H and O–H groups in total. The van der Waals surface area contributed by atoms with Crippen molar-refractivity contribution in [1.82, 2.24) is 0 Å². The summed E-state index contributed by atoms with van der Waals surface area (Å²) in [5.74, 6) is -2.24. The summed E-state index contributed by atoms with van der Waals surface area (Å²) in [6.07, 6.45) is 0. The lowest BCUT2D eigenvalue weighted by molar-refractivity contribution is -0.139. The first kappa shape index (κ1) is 13.2. The van der Waals surface area contributed by atoms with Crippen LogP contribution in [0.1, 0.15) is 35.7 Å². The molecule has 0 fully saturated rings. The molecule has 0 aliphatic rings. The Bertz CT molecular complexity index is 423. The Labute approximate surface area is 100 Å². The fourth-order valence-electron chi connectivity index (χ4n) is 1.84. The molecule has 0 aliphatic heterocycles. The van der Waals surface area contributed by atoms with Crippen LogP contribution in [0.25, 0.3) is 0 Å². The molecule has 0 heterocycles. The van der Waals surface area contributed by atoms with Crippen molar-refractivity contribution in [3.63, 3.8) is 0 Å². The van der Waals surface area contributed by atoms with Crippen molar-refractivity contribution in [3.05, 3.63) is 35.4 Å². The highest BCUT2D eigenvalue weighted by Gasteiger charge is 2.27. The van der Waals surface area contributed by atoms with Crippen LogP contribution in [0.15, 0.2) is 24.3 Å². The summed E-state index contributed by atoms with van der Waals surface area (Å²) in [6, 6.07) is 6.65. The zero-order valence-corrected chi connectivity index (χ0v) is 10.1. The van der Waals surface area contributed by atoms with Crippen LogP contribution in [0.2, 0.25) is 0 Å². The Hall–Kier alpha value is -1.84. The number of carbonyl (C=O) groups excluding carboxylic acids is 1. The minimum absolute atomic E-state index is 0.0988. The number of esters is 1. The molecule has 0 amide bonds. The van der Waals surface area contributed by atoms with Gasteiger partial charge in [-0.3, -0.25) is 4.79 Å². The quantitative estimate of drug-likeness (QED) is 0.815. The second kappa shape index (κ2) is 5.48. The number of methoxy groups -OCH3 is 1. The Balaban J connectivity index is 3.28. The van der Waals surface area contributed by atoms with E-state index in [9.17, 15) is 14.7 Å². The highest BCUT2D eigenvalue weighted by Crippen LogP contribution is 2.28. The molecule has 17 heavy (non-hydrogen) atoms. The summed E-state index contributed by atoms with van der Waals surface area (Å²) in [7, 11) is 1.28. The first-order valence-electron chi connectivity index (χ1n) is 5.39. The molecular weight excluding hydrogens is 220 g/mol. The topological polar surface area (TPSA) is 63.6 Å². The van der Waals surface area contributed by atoms with Gasteiger partial charge in [0.15, 0.2) is 0 Å². The van der Waals surface area contributed by atoms with Gasteiger partial charge in [-0.2, -0.15) is 0 Å². The summed E-state index contributed by atoms with van der Waals surface area (Å²) < 4.78 is 4.65. The van der Waals surface area contributed by atoms with Gasteiger partial charge >= 0.3 is 11.9 Å². The molecule has 1 unspecified atom stereocenters. The van der Waals surface area contributed by atoms with E-state index < -0.39 is 17.9 Å². The predicted octanol–water partition coefficient (Wildman–Crippen LogP) is 2.30. The third-order valence-corrected chi connectivity index (χ3v) is 2.63. The van der Waals surface area contributed by atoms with Gasteiger partial charge in [0.1, 0.15) is 0 Å². The average Bonchev–Trinajstić information content (AvgIpc) is 2.28. The van der Waals surface area contributed by atoms with Gasteiger partial charge in [0.05, 0.1) is 18.6 Å². The Kier molecular flexibility index (Phi) is 4.26. The maximum atomic E-state index is 11.6. The molecule has 92 valence electrons. The summed E-state index contributed by atoms with van der Waals surface area (Å²) in [5, 5.41) is 9.22. The summed E-state index contributed by atoms with van der Waals surface area (Å²) in [6.45, 7) is 3.62. The van der Waals surface area contributed by atoms with Crippen LogP contribution in [0.4, 0.5) is 0 Å². The molecule has 1 rings (SSSR count). The van der Waals surface area contributed by atoms with Crippen LogP contribution in [-0.2, 0) is 9.53 Å². The van der Waals surface area contributed by atoms with Gasteiger partial charge in [-0.05, 0) is 17.5 Å². The lowest BCUT2D eigenvalue weighted by Crippen LogP contribution is -2.20. The van der Waals surface area contributed by atoms with Crippen molar-refractivity contribution in [2.45, 2.75) is 19.8 Å². The second-order valence-corrected chi connectivity index (χ2v) is 4.14. The van der Waals surface area contributed by atoms with E-state index in [1.165, 1.54) is 7.11 Å². The fourth-order valence-corrected chi connectivity index (χ4v) is 1.84. The minimum Gasteiger partial charge on any atom is -0.481 e. The number of aliphatic carboxylic acids is 1. The molecule has 1 aromatic carbocycles. The van der Waals surface area contributed by atoms with E-state index in [4.69, 9.17) is 0 Å². The van der Waals surface area contributed by atoms with Crippen LogP contribution in [0.3, 0.4) is 0 Å². The lowest BCUT2D eigenvalue weighted by Gasteiger charge is -2.18. The zero-order chi connectivity index (χ0) is 13.0. The number of carboxylic acid groups (broad SMARTS) is 1. The Morgan fingerprint density at radius 1 is 1.24 bits per heavy atom. The van der Waals surface area contributed by atoms with Gasteiger partial charge in [0.2, 0.25) is 0 Å². The van der Waals surface area contributed by atoms with Crippen molar-refractivity contribution < 1.29 is 19.4 Å². The van der Waals surface area contributed by atoms with E-state index in [1.54, 1.807) is 24.3 Å². The minimum atomic E-state index is -0.934. The van der Waals surface area contributed by atoms with Gasteiger partial charge < -0.3 is 9.84 Å². The molecule has 1 atom stereocenters. The van der Waals surface area contributed by atoms with E-state index >= 15 is 0 Å². The third-order valence-electron chi connectivity index (χ3n) is 2.63. The average molecular weight is 236 g/mol. The maximum Gasteiger partial charge on any atom is 0.338 e. The van der Waals surface area contributed by atoms with E-state index in [0.29, 0.717) is 11.1 Å². The van der Waals surface area contributed by atoms with E-state index in [-0.39, 0.29) is 5.92 Å². The van der Waals surface area contributed by atoms with E-state index in [2.05, 4.69) is 4.74 Å². The first-order valence-corrected chi connectivity index (χ1v) is 5.39. The summed E-state index contributed by atoms with van der Waals surface area (Å²) in [5.41, 5.74) is 0.818. The predicted molar refractivity (Wildman–Crippen MR) is 63.0 cm³/mol. The number of hydrogen-bond donors (Lipinski definition) is 1. The molecule has 0 aliphatic carbocycles. The largest absolute Gasteiger partial charge is 0.481 e. The van der Waals surface area contributed by atoms with Crippen LogP contribution >= 0.6 is 0 Å². The molecular formula is C13H16O4. The number of ether oxygens (including phenoxy) is 1. The molecule has 4 nitrogen and oxygen atoms in total. The maximum absolute atomic E-state index is 11.6. The fraction of sp³-hybridized carbons (Fsp3) is 0.385. The standard InChI is InChI=1S/C13H16O4/c1-8(2)11(12(14)15)9-6-4-5-7-10(9)13(16)17-3/h4-8,11H,1-3H3,(H,14,15). The van der Waals surface area contributed by atoms with Gasteiger partial charge in [-0.1, -0.05) is 32.0 Å². The summed E-state index contributed by atoms with van der Waals surface area (Å²) >= 11 is 0. The molecule has 0 saturated carbocycles. The molecule has 1 aromatic rings. The van der Waals surface area contributed by atoms with Crippen molar-refractivity contribution >= 4 is 11.9 Å². The first-order chi connectivity index (χ1) is 7.99. The van der Waals surface area contributed by atoms with Crippen molar-refractivity contribution in [2.24, 2.45) is 5.92 Å². The van der Waals surface area contributed by atoms with Gasteiger partial charge in [-0.25, -0.2) is 4.79 Å². The van der Waals surface area contributed by atoms with Crippen molar-refractivity contribution in [1.29, 1.82) is 0 Å². The number of carbonyl (C=O) groups is 2. The molecule has 0 bridgehead atoms. The molecule has 4 heteroatoms. The van der Waals surface area contributed by atoms with Crippen LogP contribution < -0.4 is 0 Å². The molecule has 0 aromatic heterocycles. The molecule has 0 saturated heterocycles. The van der Waals surface area contributed by atoms with E-state index in [0.717, 1.165) is 0 Å². The second-order valence-electron chi connectivity index (χ2n) is 4.14. The van der Waals surface area contributed by atoms with Gasteiger partial charge in [0, 0.05) is 0 Å². The monoisotopic (exact) mass is 236 g/mol. The zero-order valence-electron chi connectivity index (χ0n) is 10.1. The number of benzene rings is 1. The van der Waals surface area contributed by atoms with E-state index in [1.807, 2.05) is 13.8 Å². The van der Waals surface area contributed by atoms with Crippen molar-refractivity contribution in [3.8, 4) is 0 Å². The summed E-state index contributed by atoms with van der Waals surface area (Å²) in [4.78, 5) is 22.8. The number of hydrogen-bond acceptors (Lipinski definition) is 3. The highest BCUT2D eigenvalue weighted by atomic mass is 16.5. The van der Waals surface area contributed by atoms with Crippen molar-refractivity contribution in [2.75, 3.05) is 7.11 Å². The Morgan fingerprint density at radius 2 is 1.82 bits per heavy atom. The van der Waals surface area contributed by atoms with Crippen LogP contribution in [0, 0.1) is 5.92 Å². The number of rotatable bonds is 4.